The standard InChI is InChI=1S/C21H23N3O3/c1-14(2)26-18-10-8-17(9-11-18)22-19(25)12-13-20-23-24-21(27-20)16-6-4-15(3)5-7-16/h4-11,14H,12-13H2,1-3H3,(H,22,25). The van der Waals surface area contributed by atoms with E-state index in [0.29, 0.717) is 18.2 Å². The first-order chi connectivity index (χ1) is 13.0. The lowest BCUT2D eigenvalue weighted by atomic mass is 10.1. The number of benzene rings is 2. The van der Waals surface area contributed by atoms with Crippen molar-refractivity contribution >= 4 is 11.6 Å². The first-order valence-corrected chi connectivity index (χ1v) is 8.95. The number of aromatic nitrogens is 2. The summed E-state index contributed by atoms with van der Waals surface area (Å²) in [6.45, 7) is 5.96. The monoisotopic (exact) mass is 365 g/mol. The Morgan fingerprint density at radius 2 is 1.78 bits per heavy atom. The Labute approximate surface area is 158 Å². The van der Waals surface area contributed by atoms with E-state index in [2.05, 4.69) is 15.5 Å². The Kier molecular flexibility index (Phi) is 5.86. The summed E-state index contributed by atoms with van der Waals surface area (Å²) in [7, 11) is 0. The number of ether oxygens (including phenoxy) is 1. The van der Waals surface area contributed by atoms with Crippen molar-refractivity contribution in [3.8, 4) is 17.2 Å². The van der Waals surface area contributed by atoms with Crippen LogP contribution in [0.25, 0.3) is 11.5 Å². The van der Waals surface area contributed by atoms with Gasteiger partial charge in [-0.15, -0.1) is 10.2 Å². The Bertz CT molecular complexity index is 884. The summed E-state index contributed by atoms with van der Waals surface area (Å²) >= 11 is 0. The summed E-state index contributed by atoms with van der Waals surface area (Å²) in [5.74, 6) is 1.58. The number of anilines is 1. The van der Waals surface area contributed by atoms with Crippen molar-refractivity contribution in [2.24, 2.45) is 0 Å². The summed E-state index contributed by atoms with van der Waals surface area (Å²) in [4.78, 5) is 12.1. The van der Waals surface area contributed by atoms with Gasteiger partial charge in [0.25, 0.3) is 0 Å². The van der Waals surface area contributed by atoms with Gasteiger partial charge in [0.15, 0.2) is 0 Å². The third-order valence-electron chi connectivity index (χ3n) is 3.84. The molecule has 1 N–H and O–H groups in total. The molecular weight excluding hydrogens is 342 g/mol. The molecule has 0 bridgehead atoms. The normalized spacial score (nSPS) is 10.8. The molecule has 0 spiro atoms. The number of hydrogen-bond donors (Lipinski definition) is 1. The van der Waals surface area contributed by atoms with Gasteiger partial charge in [-0.05, 0) is 57.2 Å². The van der Waals surface area contributed by atoms with E-state index in [0.717, 1.165) is 17.0 Å². The summed E-state index contributed by atoms with van der Waals surface area (Å²) in [6, 6.07) is 15.2. The fraction of sp³-hybridized carbons (Fsp3) is 0.286. The molecule has 1 amide bonds. The lowest BCUT2D eigenvalue weighted by Gasteiger charge is -2.10. The molecule has 0 atom stereocenters. The zero-order valence-corrected chi connectivity index (χ0v) is 15.7. The molecule has 0 aliphatic carbocycles. The molecule has 0 unspecified atom stereocenters. The van der Waals surface area contributed by atoms with E-state index in [1.807, 2.05) is 69.3 Å². The maximum absolute atomic E-state index is 12.1. The molecule has 1 aromatic heterocycles. The van der Waals surface area contributed by atoms with E-state index < -0.39 is 0 Å². The highest BCUT2D eigenvalue weighted by Gasteiger charge is 2.11. The van der Waals surface area contributed by atoms with E-state index in [9.17, 15) is 4.79 Å². The van der Waals surface area contributed by atoms with E-state index in [4.69, 9.17) is 9.15 Å². The Balaban J connectivity index is 1.51. The van der Waals surface area contributed by atoms with Crippen LogP contribution in [0.4, 0.5) is 5.69 Å². The van der Waals surface area contributed by atoms with Gasteiger partial charge < -0.3 is 14.5 Å². The van der Waals surface area contributed by atoms with Crippen molar-refractivity contribution in [1.29, 1.82) is 0 Å². The Morgan fingerprint density at radius 1 is 1.07 bits per heavy atom. The maximum Gasteiger partial charge on any atom is 0.247 e. The van der Waals surface area contributed by atoms with Gasteiger partial charge in [0.2, 0.25) is 17.7 Å². The Morgan fingerprint density at radius 3 is 2.44 bits per heavy atom. The average molecular weight is 365 g/mol. The van der Waals surface area contributed by atoms with E-state index in [1.54, 1.807) is 0 Å². The molecule has 3 aromatic rings. The first-order valence-electron chi connectivity index (χ1n) is 8.95. The van der Waals surface area contributed by atoms with Crippen molar-refractivity contribution in [2.45, 2.75) is 39.7 Å². The van der Waals surface area contributed by atoms with Crippen molar-refractivity contribution in [3.63, 3.8) is 0 Å². The average Bonchev–Trinajstić information content (AvgIpc) is 3.11. The second-order valence-electron chi connectivity index (χ2n) is 6.61. The number of aryl methyl sites for hydroxylation is 2. The first kappa shape index (κ1) is 18.6. The van der Waals surface area contributed by atoms with Gasteiger partial charge in [0.05, 0.1) is 6.10 Å². The topological polar surface area (TPSA) is 77.2 Å². The van der Waals surface area contributed by atoms with E-state index >= 15 is 0 Å². The predicted molar refractivity (Wildman–Crippen MR) is 104 cm³/mol. The number of rotatable bonds is 7. The van der Waals surface area contributed by atoms with Crippen molar-refractivity contribution in [1.82, 2.24) is 10.2 Å². The van der Waals surface area contributed by atoms with Crippen molar-refractivity contribution in [3.05, 3.63) is 60.0 Å². The Hall–Kier alpha value is -3.15. The third-order valence-corrected chi connectivity index (χ3v) is 3.84. The number of carbonyl (C=O) groups excluding carboxylic acids is 1. The molecule has 0 fully saturated rings. The fourth-order valence-electron chi connectivity index (χ4n) is 2.50. The van der Waals surface area contributed by atoms with Crippen LogP contribution in [-0.2, 0) is 11.2 Å². The maximum atomic E-state index is 12.1. The highest BCUT2D eigenvalue weighted by molar-refractivity contribution is 5.90. The van der Waals surface area contributed by atoms with Gasteiger partial charge in [0.1, 0.15) is 5.75 Å². The highest BCUT2D eigenvalue weighted by atomic mass is 16.5. The van der Waals surface area contributed by atoms with Crippen LogP contribution < -0.4 is 10.1 Å². The molecule has 6 nitrogen and oxygen atoms in total. The van der Waals surface area contributed by atoms with Crippen LogP contribution in [-0.4, -0.2) is 22.2 Å². The van der Waals surface area contributed by atoms with Crippen molar-refractivity contribution in [2.75, 3.05) is 5.32 Å². The molecule has 3 rings (SSSR count). The zero-order chi connectivity index (χ0) is 19.2. The molecule has 2 aromatic carbocycles. The van der Waals surface area contributed by atoms with Crippen LogP contribution in [0.5, 0.6) is 5.75 Å². The van der Waals surface area contributed by atoms with Crippen LogP contribution in [0, 0.1) is 6.92 Å². The lowest BCUT2D eigenvalue weighted by molar-refractivity contribution is -0.116. The van der Waals surface area contributed by atoms with Gasteiger partial charge in [-0.1, -0.05) is 17.7 Å². The summed E-state index contributed by atoms with van der Waals surface area (Å²) in [5, 5.41) is 10.9. The second kappa shape index (κ2) is 8.49. The van der Waals surface area contributed by atoms with Gasteiger partial charge >= 0.3 is 0 Å². The van der Waals surface area contributed by atoms with Crippen LogP contribution in [0.15, 0.2) is 52.9 Å². The smallest absolute Gasteiger partial charge is 0.247 e. The van der Waals surface area contributed by atoms with Crippen LogP contribution in [0.2, 0.25) is 0 Å². The highest BCUT2D eigenvalue weighted by Crippen LogP contribution is 2.19. The zero-order valence-electron chi connectivity index (χ0n) is 15.7. The summed E-state index contributed by atoms with van der Waals surface area (Å²) in [6.07, 6.45) is 0.767. The van der Waals surface area contributed by atoms with Gasteiger partial charge in [-0.25, -0.2) is 0 Å². The van der Waals surface area contributed by atoms with Gasteiger partial charge in [-0.2, -0.15) is 0 Å². The van der Waals surface area contributed by atoms with E-state index in [-0.39, 0.29) is 18.4 Å². The summed E-state index contributed by atoms with van der Waals surface area (Å²) in [5.41, 5.74) is 2.76. The predicted octanol–water partition coefficient (Wildman–Crippen LogP) is 4.40. The molecule has 0 saturated heterocycles. The second-order valence-corrected chi connectivity index (χ2v) is 6.61. The van der Waals surface area contributed by atoms with Crippen LogP contribution >= 0.6 is 0 Å². The number of nitrogens with one attached hydrogen (secondary N) is 1. The molecule has 0 aliphatic heterocycles. The summed E-state index contributed by atoms with van der Waals surface area (Å²) < 4.78 is 11.2. The molecule has 1 heterocycles. The number of amides is 1. The molecule has 6 heteroatoms. The molecule has 0 aliphatic rings. The molecular formula is C21H23N3O3. The minimum Gasteiger partial charge on any atom is -0.491 e. The van der Waals surface area contributed by atoms with E-state index in [1.165, 1.54) is 5.56 Å². The third kappa shape index (κ3) is 5.41. The van der Waals surface area contributed by atoms with Crippen LogP contribution in [0.3, 0.4) is 0 Å². The lowest BCUT2D eigenvalue weighted by Crippen LogP contribution is -2.12. The van der Waals surface area contributed by atoms with Crippen LogP contribution in [0.1, 0.15) is 31.7 Å². The minimum absolute atomic E-state index is 0.109. The molecule has 140 valence electrons. The largest absolute Gasteiger partial charge is 0.491 e. The minimum atomic E-state index is -0.109. The number of carbonyl (C=O) groups is 1. The van der Waals surface area contributed by atoms with Gasteiger partial charge in [0, 0.05) is 24.1 Å². The SMILES string of the molecule is Cc1ccc(-c2nnc(CCC(=O)Nc3ccc(OC(C)C)cc3)o2)cc1. The molecule has 0 saturated carbocycles. The van der Waals surface area contributed by atoms with Gasteiger partial charge in [-0.3, -0.25) is 4.79 Å². The molecule has 0 radical (unpaired) electrons. The molecule has 27 heavy (non-hydrogen) atoms. The van der Waals surface area contributed by atoms with Crippen molar-refractivity contribution < 1.29 is 13.9 Å². The number of hydrogen-bond acceptors (Lipinski definition) is 5. The fourth-order valence-corrected chi connectivity index (χ4v) is 2.50. The quantitative estimate of drug-likeness (QED) is 0.671. The number of nitrogens with zero attached hydrogens (tertiary/aromatic N) is 2.